The predicted octanol–water partition coefficient (Wildman–Crippen LogP) is 3.03. The Labute approximate surface area is 151 Å². The zero-order chi connectivity index (χ0) is 18.1. The molecule has 0 unspecified atom stereocenters. The van der Waals surface area contributed by atoms with Crippen LogP contribution in [0.2, 0.25) is 0 Å². The van der Waals surface area contributed by atoms with Gasteiger partial charge in [0.15, 0.2) is 0 Å². The molecule has 0 aliphatic carbocycles. The maximum absolute atomic E-state index is 11.0. The lowest BCUT2D eigenvalue weighted by molar-refractivity contribution is -0.384. The zero-order valence-corrected chi connectivity index (χ0v) is 14.7. The molecule has 0 atom stereocenters. The Hall–Kier alpha value is -2.93. The smallest absolute Gasteiger partial charge is 0.271 e. The van der Waals surface area contributed by atoms with Crippen LogP contribution in [0.3, 0.4) is 0 Å². The Balaban J connectivity index is 1.45. The van der Waals surface area contributed by atoms with Gasteiger partial charge in [-0.1, -0.05) is 12.1 Å². The van der Waals surface area contributed by atoms with Crippen LogP contribution in [0.4, 0.5) is 11.4 Å². The lowest BCUT2D eigenvalue weighted by Crippen LogP contribution is -2.46. The fourth-order valence-electron chi connectivity index (χ4n) is 3.45. The molecule has 1 aliphatic rings. The van der Waals surface area contributed by atoms with Gasteiger partial charge in [-0.15, -0.1) is 0 Å². The topological polar surface area (TPSA) is 67.4 Å². The summed E-state index contributed by atoms with van der Waals surface area (Å²) in [5.74, 6) is 0. The third kappa shape index (κ3) is 3.25. The minimum absolute atomic E-state index is 0.100. The number of nitro benzene ring substituents is 1. The van der Waals surface area contributed by atoms with Crippen molar-refractivity contribution in [2.75, 3.05) is 31.1 Å². The van der Waals surface area contributed by atoms with Crippen molar-refractivity contribution in [1.29, 1.82) is 0 Å². The van der Waals surface area contributed by atoms with Crippen LogP contribution in [0, 0.1) is 17.0 Å². The molecule has 0 amide bonds. The first-order chi connectivity index (χ1) is 12.6. The van der Waals surface area contributed by atoms with Gasteiger partial charge in [-0.3, -0.25) is 19.7 Å². The van der Waals surface area contributed by atoms with Crippen molar-refractivity contribution in [3.63, 3.8) is 0 Å². The molecule has 1 aliphatic heterocycles. The number of aromatic nitrogens is 2. The zero-order valence-electron chi connectivity index (χ0n) is 14.7. The number of benzene rings is 2. The summed E-state index contributed by atoms with van der Waals surface area (Å²) in [4.78, 5) is 15.4. The summed E-state index contributed by atoms with van der Waals surface area (Å²) < 4.78 is 1.85. The third-order valence-corrected chi connectivity index (χ3v) is 4.91. The van der Waals surface area contributed by atoms with Gasteiger partial charge in [0.1, 0.15) is 0 Å². The molecule has 3 aromatic rings. The number of hydrogen-bond acceptors (Lipinski definition) is 5. The second-order valence-corrected chi connectivity index (χ2v) is 6.73. The molecule has 26 heavy (non-hydrogen) atoms. The van der Waals surface area contributed by atoms with E-state index in [1.165, 1.54) is 17.3 Å². The minimum atomic E-state index is -0.364. The van der Waals surface area contributed by atoms with Crippen LogP contribution in [0.25, 0.3) is 10.9 Å². The summed E-state index contributed by atoms with van der Waals surface area (Å²) in [6.45, 7) is 6.55. The van der Waals surface area contributed by atoms with E-state index in [0.29, 0.717) is 6.67 Å². The first-order valence-electron chi connectivity index (χ1n) is 8.74. The summed E-state index contributed by atoms with van der Waals surface area (Å²) in [6.07, 6.45) is 1.77. The highest BCUT2D eigenvalue weighted by Gasteiger charge is 2.19. The molecule has 1 saturated heterocycles. The number of anilines is 1. The van der Waals surface area contributed by atoms with Crippen LogP contribution in [0.1, 0.15) is 5.56 Å². The van der Waals surface area contributed by atoms with Crippen molar-refractivity contribution in [3.05, 3.63) is 64.3 Å². The molecule has 1 aromatic heterocycles. The molecule has 7 nitrogen and oxygen atoms in total. The van der Waals surface area contributed by atoms with E-state index in [9.17, 15) is 10.1 Å². The van der Waals surface area contributed by atoms with Gasteiger partial charge in [-0.2, -0.15) is 5.10 Å². The average Bonchev–Trinajstić information content (AvgIpc) is 3.04. The standard InChI is InChI=1S/C19H21N5O2/c1-15-3-2-4-17(11-15)22-9-7-21(8-10-22)14-23-19-12-18(24(25)26)6-5-16(19)13-20-23/h2-6,11-13H,7-10,14H2,1H3. The number of non-ortho nitro benzene ring substituents is 1. The van der Waals surface area contributed by atoms with Gasteiger partial charge in [0.05, 0.1) is 23.3 Å². The number of piperazine rings is 1. The second kappa shape index (κ2) is 6.76. The molecule has 0 N–H and O–H groups in total. The highest BCUT2D eigenvalue weighted by molar-refractivity contribution is 5.80. The van der Waals surface area contributed by atoms with E-state index in [4.69, 9.17) is 0 Å². The van der Waals surface area contributed by atoms with Gasteiger partial charge in [0.2, 0.25) is 0 Å². The summed E-state index contributed by atoms with van der Waals surface area (Å²) in [5, 5.41) is 16.4. The highest BCUT2D eigenvalue weighted by Crippen LogP contribution is 2.22. The van der Waals surface area contributed by atoms with E-state index in [0.717, 1.165) is 37.1 Å². The highest BCUT2D eigenvalue weighted by atomic mass is 16.6. The lowest BCUT2D eigenvalue weighted by atomic mass is 10.2. The van der Waals surface area contributed by atoms with Crippen LogP contribution in [0.5, 0.6) is 0 Å². The number of hydrogen-bond donors (Lipinski definition) is 0. The first kappa shape index (κ1) is 16.5. The van der Waals surface area contributed by atoms with Gasteiger partial charge < -0.3 is 4.90 Å². The van der Waals surface area contributed by atoms with Gasteiger partial charge in [0.25, 0.3) is 5.69 Å². The van der Waals surface area contributed by atoms with Crippen molar-refractivity contribution in [2.24, 2.45) is 0 Å². The normalized spacial score (nSPS) is 15.5. The van der Waals surface area contributed by atoms with Crippen LogP contribution in [-0.2, 0) is 6.67 Å². The van der Waals surface area contributed by atoms with Gasteiger partial charge in [-0.25, -0.2) is 0 Å². The SMILES string of the molecule is Cc1cccc(N2CCN(Cn3ncc4ccc([N+](=O)[O-])cc43)CC2)c1. The molecule has 7 heteroatoms. The van der Waals surface area contributed by atoms with E-state index in [1.54, 1.807) is 18.3 Å². The van der Waals surface area contributed by atoms with Gasteiger partial charge in [0, 0.05) is 49.4 Å². The Morgan fingerprint density at radius 1 is 1.12 bits per heavy atom. The van der Waals surface area contributed by atoms with Crippen molar-refractivity contribution in [3.8, 4) is 0 Å². The maximum atomic E-state index is 11.0. The Bertz CT molecular complexity index is 944. The van der Waals surface area contributed by atoms with E-state index >= 15 is 0 Å². The molecule has 2 heterocycles. The van der Waals surface area contributed by atoms with E-state index in [-0.39, 0.29) is 10.6 Å². The van der Waals surface area contributed by atoms with Crippen molar-refractivity contribution < 1.29 is 4.92 Å². The van der Waals surface area contributed by atoms with Crippen molar-refractivity contribution in [2.45, 2.75) is 13.6 Å². The minimum Gasteiger partial charge on any atom is -0.369 e. The van der Waals surface area contributed by atoms with Crippen molar-refractivity contribution in [1.82, 2.24) is 14.7 Å². The van der Waals surface area contributed by atoms with Gasteiger partial charge in [-0.05, 0) is 30.7 Å². The molecular formula is C19H21N5O2. The Morgan fingerprint density at radius 3 is 2.65 bits per heavy atom. The summed E-state index contributed by atoms with van der Waals surface area (Å²) in [6, 6.07) is 13.5. The third-order valence-electron chi connectivity index (χ3n) is 4.91. The van der Waals surface area contributed by atoms with Crippen LogP contribution >= 0.6 is 0 Å². The van der Waals surface area contributed by atoms with Crippen LogP contribution in [0.15, 0.2) is 48.7 Å². The monoisotopic (exact) mass is 351 g/mol. The predicted molar refractivity (Wildman–Crippen MR) is 101 cm³/mol. The Kier molecular flexibility index (Phi) is 4.30. The van der Waals surface area contributed by atoms with E-state index in [1.807, 2.05) is 4.68 Å². The second-order valence-electron chi connectivity index (χ2n) is 6.73. The van der Waals surface area contributed by atoms with Gasteiger partial charge >= 0.3 is 0 Å². The molecule has 2 aromatic carbocycles. The maximum Gasteiger partial charge on any atom is 0.271 e. The van der Waals surface area contributed by atoms with E-state index < -0.39 is 0 Å². The number of rotatable bonds is 4. The summed E-state index contributed by atoms with van der Waals surface area (Å²) >= 11 is 0. The summed E-state index contributed by atoms with van der Waals surface area (Å²) in [5.41, 5.74) is 3.45. The van der Waals surface area contributed by atoms with Crippen molar-refractivity contribution >= 4 is 22.3 Å². The molecule has 0 spiro atoms. The fraction of sp³-hybridized carbons (Fsp3) is 0.316. The van der Waals surface area contributed by atoms with E-state index in [2.05, 4.69) is 46.1 Å². The average molecular weight is 351 g/mol. The lowest BCUT2D eigenvalue weighted by Gasteiger charge is -2.36. The molecule has 0 radical (unpaired) electrons. The number of aryl methyl sites for hydroxylation is 1. The molecule has 1 fully saturated rings. The number of fused-ring (bicyclic) bond motifs is 1. The fourth-order valence-corrected chi connectivity index (χ4v) is 3.45. The summed E-state index contributed by atoms with van der Waals surface area (Å²) in [7, 11) is 0. The number of nitrogens with zero attached hydrogens (tertiary/aromatic N) is 5. The quantitative estimate of drug-likeness (QED) is 0.534. The molecule has 4 rings (SSSR count). The molecule has 134 valence electrons. The number of nitro groups is 1. The molecule has 0 saturated carbocycles. The first-order valence-corrected chi connectivity index (χ1v) is 8.74. The molecular weight excluding hydrogens is 330 g/mol. The largest absolute Gasteiger partial charge is 0.369 e. The van der Waals surface area contributed by atoms with Crippen LogP contribution < -0.4 is 4.90 Å². The Morgan fingerprint density at radius 2 is 1.92 bits per heavy atom. The van der Waals surface area contributed by atoms with Crippen LogP contribution in [-0.4, -0.2) is 45.8 Å². The molecule has 0 bridgehead atoms.